The van der Waals surface area contributed by atoms with E-state index in [0.717, 1.165) is 11.1 Å². The molecule has 0 aliphatic heterocycles. The maximum atomic E-state index is 11.6. The SMILES string of the molecule is O=C(O)CC(=O)c1ccc(-c2ccc([N+](=O)[O-])cc2)cc1. The summed E-state index contributed by atoms with van der Waals surface area (Å²) in [6.07, 6.45) is -0.545. The number of hydrogen-bond acceptors (Lipinski definition) is 4. The Kier molecular flexibility index (Phi) is 4.08. The molecule has 0 atom stereocenters. The lowest BCUT2D eigenvalue weighted by Crippen LogP contribution is -2.06. The normalized spacial score (nSPS) is 10.1. The van der Waals surface area contributed by atoms with Gasteiger partial charge >= 0.3 is 5.97 Å². The lowest BCUT2D eigenvalue weighted by atomic mass is 10.0. The largest absolute Gasteiger partial charge is 0.481 e. The number of carboxylic acid groups (broad SMARTS) is 1. The fourth-order valence-corrected chi connectivity index (χ4v) is 1.86. The van der Waals surface area contributed by atoms with Crippen molar-refractivity contribution < 1.29 is 19.6 Å². The van der Waals surface area contributed by atoms with E-state index >= 15 is 0 Å². The molecule has 0 aliphatic rings. The van der Waals surface area contributed by atoms with Gasteiger partial charge in [-0.05, 0) is 23.3 Å². The summed E-state index contributed by atoms with van der Waals surface area (Å²) in [5.74, 6) is -1.63. The number of carbonyl (C=O) groups excluding carboxylic acids is 1. The molecule has 0 saturated heterocycles. The van der Waals surface area contributed by atoms with Crippen molar-refractivity contribution in [3.05, 3.63) is 64.2 Å². The van der Waals surface area contributed by atoms with Crippen molar-refractivity contribution >= 4 is 17.4 Å². The second-order valence-electron chi connectivity index (χ2n) is 4.38. The molecule has 6 heteroatoms. The minimum atomic E-state index is -1.17. The van der Waals surface area contributed by atoms with Crippen LogP contribution in [0, 0.1) is 10.1 Å². The summed E-state index contributed by atoms with van der Waals surface area (Å²) < 4.78 is 0. The standard InChI is InChI=1S/C15H11NO5/c17-14(9-15(18)19)12-3-1-10(2-4-12)11-5-7-13(8-6-11)16(20)21/h1-8H,9H2,(H,18,19). The number of non-ortho nitro benzene ring substituents is 1. The van der Waals surface area contributed by atoms with Crippen LogP contribution in [0.2, 0.25) is 0 Å². The van der Waals surface area contributed by atoms with E-state index in [1.54, 1.807) is 36.4 Å². The van der Waals surface area contributed by atoms with Crippen LogP contribution in [0.5, 0.6) is 0 Å². The summed E-state index contributed by atoms with van der Waals surface area (Å²) in [4.78, 5) is 32.2. The minimum absolute atomic E-state index is 0.00649. The molecule has 0 amide bonds. The zero-order chi connectivity index (χ0) is 15.4. The smallest absolute Gasteiger partial charge is 0.311 e. The Labute approximate surface area is 119 Å². The third-order valence-corrected chi connectivity index (χ3v) is 2.93. The Hall–Kier alpha value is -3.02. The van der Waals surface area contributed by atoms with Crippen LogP contribution in [0.4, 0.5) is 5.69 Å². The molecule has 0 saturated carbocycles. The molecule has 0 aromatic heterocycles. The molecule has 0 spiro atoms. The number of nitrogens with zero attached hydrogens (tertiary/aromatic N) is 1. The first kappa shape index (κ1) is 14.4. The predicted molar refractivity (Wildman–Crippen MR) is 75.1 cm³/mol. The van der Waals surface area contributed by atoms with Gasteiger partial charge in [-0.15, -0.1) is 0 Å². The van der Waals surface area contributed by atoms with E-state index in [-0.39, 0.29) is 5.69 Å². The fourth-order valence-electron chi connectivity index (χ4n) is 1.86. The van der Waals surface area contributed by atoms with Crippen molar-refractivity contribution in [3.8, 4) is 11.1 Å². The number of ketones is 1. The second-order valence-corrected chi connectivity index (χ2v) is 4.38. The van der Waals surface area contributed by atoms with Gasteiger partial charge in [0.15, 0.2) is 5.78 Å². The van der Waals surface area contributed by atoms with E-state index in [2.05, 4.69) is 0 Å². The summed E-state index contributed by atoms with van der Waals surface area (Å²) in [6.45, 7) is 0. The van der Waals surface area contributed by atoms with Gasteiger partial charge in [0.25, 0.3) is 5.69 Å². The van der Waals surface area contributed by atoms with Gasteiger partial charge in [-0.25, -0.2) is 0 Å². The monoisotopic (exact) mass is 285 g/mol. The first-order chi connectivity index (χ1) is 9.97. The topological polar surface area (TPSA) is 97.5 Å². The molecule has 0 bridgehead atoms. The highest BCUT2D eigenvalue weighted by Gasteiger charge is 2.11. The minimum Gasteiger partial charge on any atom is -0.481 e. The molecule has 1 N–H and O–H groups in total. The van der Waals surface area contributed by atoms with Crippen molar-refractivity contribution in [2.75, 3.05) is 0 Å². The number of hydrogen-bond donors (Lipinski definition) is 1. The third kappa shape index (κ3) is 3.50. The molecule has 21 heavy (non-hydrogen) atoms. The van der Waals surface area contributed by atoms with Gasteiger partial charge in [-0.1, -0.05) is 24.3 Å². The van der Waals surface area contributed by atoms with Crippen LogP contribution in [0.1, 0.15) is 16.8 Å². The lowest BCUT2D eigenvalue weighted by molar-refractivity contribution is -0.384. The Morgan fingerprint density at radius 3 is 1.86 bits per heavy atom. The second kappa shape index (κ2) is 5.96. The molecule has 0 heterocycles. The van der Waals surface area contributed by atoms with Crippen LogP contribution < -0.4 is 0 Å². The summed E-state index contributed by atoms with van der Waals surface area (Å²) in [5.41, 5.74) is 1.89. The maximum Gasteiger partial charge on any atom is 0.311 e. The highest BCUT2D eigenvalue weighted by molar-refractivity contribution is 6.05. The maximum absolute atomic E-state index is 11.6. The molecule has 106 valence electrons. The molecule has 0 aliphatic carbocycles. The van der Waals surface area contributed by atoms with Gasteiger partial charge in [0.05, 0.1) is 4.92 Å². The van der Waals surface area contributed by atoms with Gasteiger partial charge in [-0.3, -0.25) is 19.7 Å². The van der Waals surface area contributed by atoms with E-state index in [0.29, 0.717) is 5.56 Å². The number of nitro benzene ring substituents is 1. The highest BCUT2D eigenvalue weighted by atomic mass is 16.6. The fraction of sp³-hybridized carbons (Fsp3) is 0.0667. The van der Waals surface area contributed by atoms with E-state index in [1.807, 2.05) is 0 Å². The summed E-state index contributed by atoms with van der Waals surface area (Å²) >= 11 is 0. The lowest BCUT2D eigenvalue weighted by Gasteiger charge is -2.03. The number of nitro groups is 1. The van der Waals surface area contributed by atoms with Crippen LogP contribution in [0.3, 0.4) is 0 Å². The average molecular weight is 285 g/mol. The Balaban J connectivity index is 2.20. The van der Waals surface area contributed by atoms with Crippen LogP contribution in [0.15, 0.2) is 48.5 Å². The Morgan fingerprint density at radius 2 is 1.43 bits per heavy atom. The average Bonchev–Trinajstić information content (AvgIpc) is 2.47. The molecular formula is C15H11NO5. The summed E-state index contributed by atoms with van der Waals surface area (Å²) in [5, 5.41) is 19.1. The number of aliphatic carboxylic acids is 1. The first-order valence-corrected chi connectivity index (χ1v) is 6.07. The molecule has 0 radical (unpaired) electrons. The van der Waals surface area contributed by atoms with E-state index < -0.39 is 23.1 Å². The van der Waals surface area contributed by atoms with Gasteiger partial charge in [0, 0.05) is 17.7 Å². The van der Waals surface area contributed by atoms with Gasteiger partial charge < -0.3 is 5.11 Å². The van der Waals surface area contributed by atoms with Crippen LogP contribution in [0.25, 0.3) is 11.1 Å². The van der Waals surface area contributed by atoms with Crippen LogP contribution >= 0.6 is 0 Å². The summed E-state index contributed by atoms with van der Waals surface area (Å²) in [7, 11) is 0. The van der Waals surface area contributed by atoms with Crippen molar-refractivity contribution in [2.24, 2.45) is 0 Å². The first-order valence-electron chi connectivity index (χ1n) is 6.07. The Bertz CT molecular complexity index is 689. The van der Waals surface area contributed by atoms with E-state index in [9.17, 15) is 19.7 Å². The molecule has 2 aromatic rings. The molecular weight excluding hydrogens is 274 g/mol. The third-order valence-electron chi connectivity index (χ3n) is 2.93. The van der Waals surface area contributed by atoms with E-state index in [1.165, 1.54) is 12.1 Å². The number of rotatable bonds is 5. The van der Waals surface area contributed by atoms with Crippen molar-refractivity contribution in [1.29, 1.82) is 0 Å². The quantitative estimate of drug-likeness (QED) is 0.394. The molecule has 2 rings (SSSR count). The molecule has 0 fully saturated rings. The molecule has 0 unspecified atom stereocenters. The van der Waals surface area contributed by atoms with Crippen molar-refractivity contribution in [2.45, 2.75) is 6.42 Å². The van der Waals surface area contributed by atoms with Crippen molar-refractivity contribution in [3.63, 3.8) is 0 Å². The van der Waals surface area contributed by atoms with Crippen molar-refractivity contribution in [1.82, 2.24) is 0 Å². The predicted octanol–water partition coefficient (Wildman–Crippen LogP) is 2.92. The highest BCUT2D eigenvalue weighted by Crippen LogP contribution is 2.23. The molecule has 6 nitrogen and oxygen atoms in total. The van der Waals surface area contributed by atoms with Gasteiger partial charge in [0.2, 0.25) is 0 Å². The summed E-state index contributed by atoms with van der Waals surface area (Å²) in [6, 6.07) is 12.5. The zero-order valence-corrected chi connectivity index (χ0v) is 10.9. The van der Waals surface area contributed by atoms with Gasteiger partial charge in [0.1, 0.15) is 6.42 Å². The number of benzene rings is 2. The zero-order valence-electron chi connectivity index (χ0n) is 10.9. The van der Waals surface area contributed by atoms with Gasteiger partial charge in [-0.2, -0.15) is 0 Å². The Morgan fingerprint density at radius 1 is 0.952 bits per heavy atom. The number of Topliss-reactive ketones (excluding diaryl/α,β-unsaturated/α-hetero) is 1. The van der Waals surface area contributed by atoms with E-state index in [4.69, 9.17) is 5.11 Å². The number of carboxylic acids is 1. The van der Waals surface area contributed by atoms with Crippen LogP contribution in [-0.4, -0.2) is 21.8 Å². The number of carbonyl (C=O) groups is 2. The molecule has 2 aromatic carbocycles. The van der Waals surface area contributed by atoms with Crippen LogP contribution in [-0.2, 0) is 4.79 Å².